The number of sulfonamides is 1. The lowest BCUT2D eigenvalue weighted by Crippen LogP contribution is -2.13. The molecule has 0 aliphatic heterocycles. The highest BCUT2D eigenvalue weighted by Crippen LogP contribution is 2.33. The third kappa shape index (κ3) is 3.45. The first-order valence-corrected chi connectivity index (χ1v) is 8.92. The molecule has 0 aliphatic carbocycles. The van der Waals surface area contributed by atoms with Crippen molar-refractivity contribution in [1.29, 1.82) is 0 Å². The van der Waals surface area contributed by atoms with Crippen molar-refractivity contribution in [2.45, 2.75) is 18.7 Å². The lowest BCUT2D eigenvalue weighted by atomic mass is 10.1. The van der Waals surface area contributed by atoms with Gasteiger partial charge in [-0.2, -0.15) is 0 Å². The number of anilines is 1. The number of benzene rings is 1. The van der Waals surface area contributed by atoms with Crippen molar-refractivity contribution in [3.63, 3.8) is 0 Å². The topological polar surface area (TPSA) is 83.5 Å². The Balaban J connectivity index is 2.43. The molecule has 21 heavy (non-hydrogen) atoms. The summed E-state index contributed by atoms with van der Waals surface area (Å²) < 4.78 is 27.5. The number of carboxylic acid groups (broad SMARTS) is 1. The first-order chi connectivity index (χ1) is 9.70. The Morgan fingerprint density at radius 1 is 1.29 bits per heavy atom. The molecule has 0 bridgehead atoms. The zero-order valence-electron chi connectivity index (χ0n) is 11.2. The van der Waals surface area contributed by atoms with Gasteiger partial charge in [0.15, 0.2) is 0 Å². The summed E-state index contributed by atoms with van der Waals surface area (Å²) in [5.74, 6) is -1.16. The highest BCUT2D eigenvalue weighted by atomic mass is 79.9. The number of halogens is 1. The Kier molecular flexibility index (Phi) is 4.40. The Bertz CT molecular complexity index is 812. The molecule has 5 nitrogen and oxygen atoms in total. The van der Waals surface area contributed by atoms with E-state index in [9.17, 15) is 13.2 Å². The van der Waals surface area contributed by atoms with Gasteiger partial charge < -0.3 is 5.11 Å². The van der Waals surface area contributed by atoms with Crippen LogP contribution < -0.4 is 4.72 Å². The Hall–Kier alpha value is -1.38. The van der Waals surface area contributed by atoms with E-state index in [0.29, 0.717) is 5.69 Å². The van der Waals surface area contributed by atoms with E-state index >= 15 is 0 Å². The highest BCUT2D eigenvalue weighted by molar-refractivity contribution is 9.11. The molecule has 0 spiro atoms. The summed E-state index contributed by atoms with van der Waals surface area (Å²) in [7, 11) is -3.85. The quantitative estimate of drug-likeness (QED) is 0.835. The minimum absolute atomic E-state index is 0.0387. The van der Waals surface area contributed by atoms with Gasteiger partial charge in [0.2, 0.25) is 0 Å². The molecule has 0 fully saturated rings. The fraction of sp³-hybridized carbons (Fsp3) is 0.154. The van der Waals surface area contributed by atoms with Crippen LogP contribution in [0.4, 0.5) is 5.69 Å². The molecule has 0 atom stereocenters. The SMILES string of the molecule is Cc1ccc(C)c(NS(=O)(=O)c2cc(C(=O)O)sc2Br)c1. The van der Waals surface area contributed by atoms with Gasteiger partial charge in [0.05, 0.1) is 9.47 Å². The summed E-state index contributed by atoms with van der Waals surface area (Å²) in [4.78, 5) is 10.8. The number of aryl methyl sites for hydroxylation is 2. The van der Waals surface area contributed by atoms with Crippen LogP contribution in [0.1, 0.15) is 20.8 Å². The van der Waals surface area contributed by atoms with E-state index in [0.717, 1.165) is 28.5 Å². The Labute approximate surface area is 134 Å². The Morgan fingerprint density at radius 3 is 2.52 bits per heavy atom. The summed E-state index contributed by atoms with van der Waals surface area (Å²) in [6.45, 7) is 3.66. The van der Waals surface area contributed by atoms with Crippen LogP contribution in [0.25, 0.3) is 0 Å². The van der Waals surface area contributed by atoms with Crippen LogP contribution in [-0.2, 0) is 10.0 Å². The zero-order valence-corrected chi connectivity index (χ0v) is 14.4. The average Bonchev–Trinajstić information content (AvgIpc) is 2.77. The fourth-order valence-electron chi connectivity index (χ4n) is 1.69. The van der Waals surface area contributed by atoms with E-state index in [2.05, 4.69) is 20.7 Å². The molecule has 0 amide bonds. The minimum atomic E-state index is -3.85. The van der Waals surface area contributed by atoms with Gasteiger partial charge in [-0.15, -0.1) is 11.3 Å². The minimum Gasteiger partial charge on any atom is -0.477 e. The molecule has 0 saturated heterocycles. The van der Waals surface area contributed by atoms with Gasteiger partial charge in [0, 0.05) is 0 Å². The summed E-state index contributed by atoms with van der Waals surface area (Å²) in [6, 6.07) is 6.57. The predicted octanol–water partition coefficient (Wildman–Crippen LogP) is 3.63. The lowest BCUT2D eigenvalue weighted by molar-refractivity contribution is 0.0702. The molecular formula is C13H12BrNO4S2. The first kappa shape index (κ1) is 16.0. The molecule has 1 aromatic carbocycles. The maximum atomic E-state index is 12.4. The van der Waals surface area contributed by atoms with Crippen LogP contribution in [0.2, 0.25) is 0 Å². The molecule has 1 heterocycles. The lowest BCUT2D eigenvalue weighted by Gasteiger charge is -2.10. The van der Waals surface area contributed by atoms with E-state index in [1.165, 1.54) is 0 Å². The van der Waals surface area contributed by atoms with E-state index in [1.807, 2.05) is 19.1 Å². The molecule has 8 heteroatoms. The molecule has 0 radical (unpaired) electrons. The van der Waals surface area contributed by atoms with E-state index < -0.39 is 16.0 Å². The third-order valence-corrected chi connectivity index (χ3v) is 6.40. The summed E-state index contributed by atoms with van der Waals surface area (Å²) in [5.41, 5.74) is 2.19. The van der Waals surface area contributed by atoms with Gasteiger partial charge in [0.1, 0.15) is 9.77 Å². The van der Waals surface area contributed by atoms with Gasteiger partial charge in [-0.3, -0.25) is 4.72 Å². The molecule has 2 N–H and O–H groups in total. The molecule has 0 aliphatic rings. The molecule has 1 aromatic heterocycles. The van der Waals surface area contributed by atoms with Gasteiger partial charge in [-0.25, -0.2) is 13.2 Å². The molecule has 112 valence electrons. The summed E-state index contributed by atoms with van der Waals surface area (Å²) in [6.07, 6.45) is 0. The normalized spacial score (nSPS) is 11.4. The van der Waals surface area contributed by atoms with Gasteiger partial charge in [0.25, 0.3) is 10.0 Å². The van der Waals surface area contributed by atoms with Crippen LogP contribution in [0.5, 0.6) is 0 Å². The van der Waals surface area contributed by atoms with E-state index in [4.69, 9.17) is 5.11 Å². The molecule has 0 unspecified atom stereocenters. The molecule has 2 aromatic rings. The zero-order chi connectivity index (χ0) is 15.8. The van der Waals surface area contributed by atoms with Crippen LogP contribution in [0.15, 0.2) is 32.9 Å². The molecule has 0 saturated carbocycles. The maximum Gasteiger partial charge on any atom is 0.345 e. The number of hydrogen-bond acceptors (Lipinski definition) is 4. The number of aromatic carboxylic acids is 1. The molecule has 2 rings (SSSR count). The predicted molar refractivity (Wildman–Crippen MR) is 85.7 cm³/mol. The van der Waals surface area contributed by atoms with Crippen molar-refractivity contribution >= 4 is 48.9 Å². The second-order valence-electron chi connectivity index (χ2n) is 4.48. The number of thiophene rings is 1. The average molecular weight is 390 g/mol. The van der Waals surface area contributed by atoms with Crippen LogP contribution in [0.3, 0.4) is 0 Å². The van der Waals surface area contributed by atoms with Crippen molar-refractivity contribution in [2.24, 2.45) is 0 Å². The van der Waals surface area contributed by atoms with Crippen molar-refractivity contribution in [1.82, 2.24) is 0 Å². The van der Waals surface area contributed by atoms with E-state index in [1.54, 1.807) is 13.0 Å². The second-order valence-corrected chi connectivity index (χ2v) is 8.50. The van der Waals surface area contributed by atoms with Crippen LogP contribution in [0, 0.1) is 13.8 Å². The third-order valence-electron chi connectivity index (χ3n) is 2.79. The fourth-order valence-corrected chi connectivity index (χ4v) is 5.21. The smallest absolute Gasteiger partial charge is 0.345 e. The van der Waals surface area contributed by atoms with Crippen molar-refractivity contribution in [2.75, 3.05) is 4.72 Å². The van der Waals surface area contributed by atoms with Crippen molar-refractivity contribution < 1.29 is 18.3 Å². The number of rotatable bonds is 4. The standard InChI is InChI=1S/C13H12BrNO4S2/c1-7-3-4-8(2)9(5-7)15-21(18,19)11-6-10(13(16)17)20-12(11)14/h3-6,15H,1-2H3,(H,16,17). The van der Waals surface area contributed by atoms with Crippen molar-refractivity contribution in [3.8, 4) is 0 Å². The summed E-state index contributed by atoms with van der Waals surface area (Å²) in [5, 5.41) is 8.93. The monoisotopic (exact) mass is 389 g/mol. The number of carbonyl (C=O) groups is 1. The maximum absolute atomic E-state index is 12.4. The van der Waals surface area contributed by atoms with Crippen molar-refractivity contribution in [3.05, 3.63) is 44.1 Å². The number of hydrogen-bond donors (Lipinski definition) is 2. The second kappa shape index (κ2) is 5.78. The van der Waals surface area contributed by atoms with E-state index in [-0.39, 0.29) is 13.6 Å². The number of carboxylic acids is 1. The van der Waals surface area contributed by atoms with Gasteiger partial charge in [-0.05, 0) is 53.0 Å². The number of nitrogens with one attached hydrogen (secondary N) is 1. The van der Waals surface area contributed by atoms with Crippen LogP contribution in [-0.4, -0.2) is 19.5 Å². The largest absolute Gasteiger partial charge is 0.477 e. The first-order valence-electron chi connectivity index (χ1n) is 5.83. The van der Waals surface area contributed by atoms with Gasteiger partial charge >= 0.3 is 5.97 Å². The summed E-state index contributed by atoms with van der Waals surface area (Å²) >= 11 is 3.97. The Morgan fingerprint density at radius 2 is 1.95 bits per heavy atom. The van der Waals surface area contributed by atoms with Crippen LogP contribution >= 0.6 is 27.3 Å². The molecular weight excluding hydrogens is 378 g/mol. The van der Waals surface area contributed by atoms with Gasteiger partial charge in [-0.1, -0.05) is 12.1 Å². The highest BCUT2D eigenvalue weighted by Gasteiger charge is 2.23.